The zero-order valence-electron chi connectivity index (χ0n) is 8.80. The fourth-order valence-corrected chi connectivity index (χ4v) is 2.02. The van der Waals surface area contributed by atoms with Gasteiger partial charge in [-0.05, 0) is 17.7 Å². The zero-order valence-corrected chi connectivity index (χ0v) is 9.55. The first-order chi connectivity index (χ1) is 8.24. The molecular weight excluding hydrogens is 240 g/mol. The maximum atomic E-state index is 11.5. The molecule has 0 saturated carbocycles. The zero-order chi connectivity index (χ0) is 11.8. The highest BCUT2D eigenvalue weighted by Crippen LogP contribution is 2.21. The van der Waals surface area contributed by atoms with Crippen molar-refractivity contribution in [3.05, 3.63) is 34.9 Å². The Kier molecular flexibility index (Phi) is 2.33. The number of benzene rings is 1. The molecule has 6 heteroatoms. The summed E-state index contributed by atoms with van der Waals surface area (Å²) in [5, 5.41) is 10.3. The highest BCUT2D eigenvalue weighted by Gasteiger charge is 2.34. The van der Waals surface area contributed by atoms with Crippen molar-refractivity contribution in [3.8, 4) is 0 Å². The van der Waals surface area contributed by atoms with Crippen LogP contribution in [-0.4, -0.2) is 29.0 Å². The molecule has 0 spiro atoms. The first-order valence-electron chi connectivity index (χ1n) is 5.19. The molecule has 1 aromatic carbocycles. The van der Waals surface area contributed by atoms with Crippen molar-refractivity contribution in [1.82, 2.24) is 10.4 Å². The minimum Gasteiger partial charge on any atom is -0.271 e. The molecule has 5 nitrogen and oxygen atoms in total. The number of carbonyl (C=O) groups excluding carboxylic acids is 1. The Labute approximate surface area is 103 Å². The maximum absolute atomic E-state index is 11.5. The van der Waals surface area contributed by atoms with Crippen LogP contribution in [0.5, 0.6) is 0 Å². The van der Waals surface area contributed by atoms with Gasteiger partial charge >= 0.3 is 0 Å². The lowest BCUT2D eigenvalue weighted by Crippen LogP contribution is -2.44. The van der Waals surface area contributed by atoms with Crippen LogP contribution in [0.3, 0.4) is 0 Å². The van der Waals surface area contributed by atoms with Crippen LogP contribution < -0.4 is 5.43 Å². The predicted molar refractivity (Wildman–Crippen MR) is 64.9 cm³/mol. The van der Waals surface area contributed by atoms with Gasteiger partial charge in [-0.25, -0.2) is 10.4 Å². The normalized spacial score (nSPS) is 22.2. The van der Waals surface area contributed by atoms with Crippen molar-refractivity contribution < 1.29 is 4.79 Å². The topological polar surface area (TPSA) is 57.1 Å². The van der Waals surface area contributed by atoms with Gasteiger partial charge in [0, 0.05) is 11.4 Å². The van der Waals surface area contributed by atoms with Crippen LogP contribution in [-0.2, 0) is 4.79 Å². The quantitative estimate of drug-likeness (QED) is 0.812. The molecule has 2 aliphatic heterocycles. The summed E-state index contributed by atoms with van der Waals surface area (Å²) >= 11 is 5.83. The third kappa shape index (κ3) is 1.78. The van der Waals surface area contributed by atoms with E-state index in [0.717, 1.165) is 11.3 Å². The molecule has 86 valence electrons. The Bertz CT molecular complexity index is 523. The van der Waals surface area contributed by atoms with Crippen LogP contribution >= 0.6 is 11.6 Å². The minimum atomic E-state index is -0.279. The average molecular weight is 249 g/mol. The van der Waals surface area contributed by atoms with Gasteiger partial charge in [-0.3, -0.25) is 4.79 Å². The monoisotopic (exact) mass is 248 g/mol. The second kappa shape index (κ2) is 3.85. The van der Waals surface area contributed by atoms with Gasteiger partial charge in [0.25, 0.3) is 5.91 Å². The molecule has 2 aliphatic rings. The van der Waals surface area contributed by atoms with E-state index in [-0.39, 0.29) is 11.9 Å². The summed E-state index contributed by atoms with van der Waals surface area (Å²) in [5.74, 6) is -0.125. The largest absolute Gasteiger partial charge is 0.271 e. The molecular formula is C11H9ClN4O. The lowest BCUT2D eigenvalue weighted by atomic mass is 10.0. The summed E-state index contributed by atoms with van der Waals surface area (Å²) in [4.78, 5) is 11.5. The van der Waals surface area contributed by atoms with Crippen molar-refractivity contribution in [1.29, 1.82) is 0 Å². The first kappa shape index (κ1) is 10.3. The van der Waals surface area contributed by atoms with Gasteiger partial charge in [-0.2, -0.15) is 10.2 Å². The Balaban J connectivity index is 1.90. The number of amides is 1. The summed E-state index contributed by atoms with van der Waals surface area (Å²) in [7, 11) is 0. The number of nitrogens with one attached hydrogen (secondary N) is 1. The van der Waals surface area contributed by atoms with E-state index in [0.29, 0.717) is 11.4 Å². The molecule has 1 unspecified atom stereocenters. The van der Waals surface area contributed by atoms with Crippen LogP contribution in [0.1, 0.15) is 12.0 Å². The number of halogens is 1. The summed E-state index contributed by atoms with van der Waals surface area (Å²) in [6.07, 6.45) is 2.11. The fraction of sp³-hybridized carbons (Fsp3) is 0.182. The van der Waals surface area contributed by atoms with Crippen molar-refractivity contribution in [2.24, 2.45) is 10.2 Å². The van der Waals surface area contributed by atoms with Crippen LogP contribution in [0, 0.1) is 0 Å². The number of carbonyl (C=O) groups is 1. The Hall–Kier alpha value is -1.88. The van der Waals surface area contributed by atoms with Crippen molar-refractivity contribution in [3.63, 3.8) is 0 Å². The van der Waals surface area contributed by atoms with Crippen molar-refractivity contribution >= 4 is 29.6 Å². The predicted octanol–water partition coefficient (Wildman–Crippen LogP) is 1.19. The summed E-state index contributed by atoms with van der Waals surface area (Å²) in [5.41, 5.74) is 4.28. The summed E-state index contributed by atoms with van der Waals surface area (Å²) in [6.45, 7) is 0. The van der Waals surface area contributed by atoms with E-state index in [1.165, 1.54) is 6.34 Å². The molecule has 0 aliphatic carbocycles. The second-order valence-electron chi connectivity index (χ2n) is 3.87. The van der Waals surface area contributed by atoms with Crippen LogP contribution in [0.2, 0.25) is 5.02 Å². The molecule has 0 aromatic heterocycles. The maximum Gasteiger partial charge on any atom is 0.265 e. The SMILES string of the molecule is O=C1NN=CN2N=C(c3ccc(Cl)cc3)CC12. The van der Waals surface area contributed by atoms with E-state index in [2.05, 4.69) is 15.6 Å². The standard InChI is InChI=1S/C11H9ClN4O/c12-8-3-1-7(2-4-8)9-5-10-11(17)14-13-6-16(10)15-9/h1-4,6,10H,5H2,(H,14,17). The number of rotatable bonds is 1. The molecule has 1 amide bonds. The van der Waals surface area contributed by atoms with Gasteiger partial charge in [-0.15, -0.1) is 0 Å². The second-order valence-corrected chi connectivity index (χ2v) is 4.31. The average Bonchev–Trinajstić information content (AvgIpc) is 2.75. The van der Waals surface area contributed by atoms with E-state index in [1.54, 1.807) is 5.01 Å². The molecule has 1 aromatic rings. The Morgan fingerprint density at radius 2 is 2.12 bits per heavy atom. The molecule has 1 atom stereocenters. The molecule has 0 fully saturated rings. The number of hydrogen-bond donors (Lipinski definition) is 1. The molecule has 0 radical (unpaired) electrons. The lowest BCUT2D eigenvalue weighted by molar-refractivity contribution is -0.125. The van der Waals surface area contributed by atoms with Gasteiger partial charge in [-0.1, -0.05) is 23.7 Å². The van der Waals surface area contributed by atoms with Gasteiger partial charge in [0.05, 0.1) is 5.71 Å². The minimum absolute atomic E-state index is 0.125. The van der Waals surface area contributed by atoms with E-state index in [1.807, 2.05) is 24.3 Å². The van der Waals surface area contributed by atoms with E-state index >= 15 is 0 Å². The van der Waals surface area contributed by atoms with Gasteiger partial charge < -0.3 is 0 Å². The smallest absolute Gasteiger partial charge is 0.265 e. The summed E-state index contributed by atoms with van der Waals surface area (Å²) in [6, 6.07) is 7.14. The first-order valence-corrected chi connectivity index (χ1v) is 5.56. The van der Waals surface area contributed by atoms with Gasteiger partial charge in [0.15, 0.2) is 0 Å². The van der Waals surface area contributed by atoms with E-state index in [4.69, 9.17) is 11.6 Å². The molecule has 3 rings (SSSR count). The number of hydrazone groups is 2. The van der Waals surface area contributed by atoms with Crippen LogP contribution in [0.4, 0.5) is 0 Å². The van der Waals surface area contributed by atoms with Gasteiger partial charge in [0.1, 0.15) is 12.4 Å². The molecule has 1 N–H and O–H groups in total. The third-order valence-corrected chi connectivity index (χ3v) is 3.03. The van der Waals surface area contributed by atoms with E-state index in [9.17, 15) is 4.79 Å². The molecule has 0 saturated heterocycles. The number of nitrogens with zero attached hydrogens (tertiary/aromatic N) is 3. The lowest BCUT2D eigenvalue weighted by Gasteiger charge is -2.20. The van der Waals surface area contributed by atoms with Crippen LogP contribution in [0.15, 0.2) is 34.5 Å². The third-order valence-electron chi connectivity index (χ3n) is 2.77. The van der Waals surface area contributed by atoms with Crippen molar-refractivity contribution in [2.75, 3.05) is 0 Å². The van der Waals surface area contributed by atoms with Crippen molar-refractivity contribution in [2.45, 2.75) is 12.5 Å². The summed E-state index contributed by atoms with van der Waals surface area (Å²) < 4.78 is 0. The molecule has 17 heavy (non-hydrogen) atoms. The highest BCUT2D eigenvalue weighted by molar-refractivity contribution is 6.30. The van der Waals surface area contributed by atoms with Crippen LogP contribution in [0.25, 0.3) is 0 Å². The Morgan fingerprint density at radius 3 is 2.82 bits per heavy atom. The Morgan fingerprint density at radius 1 is 1.35 bits per heavy atom. The van der Waals surface area contributed by atoms with E-state index < -0.39 is 0 Å². The molecule has 2 heterocycles. The number of hydrogen-bond acceptors (Lipinski definition) is 4. The fourth-order valence-electron chi connectivity index (χ4n) is 1.89. The van der Waals surface area contributed by atoms with Gasteiger partial charge in [0.2, 0.25) is 0 Å². The number of fused-ring (bicyclic) bond motifs is 1. The highest BCUT2D eigenvalue weighted by atomic mass is 35.5. The molecule has 0 bridgehead atoms.